The van der Waals surface area contributed by atoms with Crippen LogP contribution in [-0.2, 0) is 0 Å². The van der Waals surface area contributed by atoms with Crippen molar-refractivity contribution in [1.29, 1.82) is 0 Å². The van der Waals surface area contributed by atoms with Gasteiger partial charge in [0.15, 0.2) is 0 Å². The number of allylic oxidation sites excluding steroid dienone is 5. The second-order valence-electron chi connectivity index (χ2n) is 1.59. The quantitative estimate of drug-likeness (QED) is 0.541. The average Bonchev–Trinajstić information content (AvgIpc) is 2.08. The van der Waals surface area contributed by atoms with E-state index in [0.29, 0.717) is 0 Å². The fraction of sp³-hybridized carbons (Fsp3) is 0.400. The molecule has 0 unspecified atom stereocenters. The summed E-state index contributed by atoms with van der Waals surface area (Å²) in [4.78, 5) is 0. The summed E-state index contributed by atoms with van der Waals surface area (Å²) >= 11 is 0. The molecule has 0 N–H and O–H groups in total. The summed E-state index contributed by atoms with van der Waals surface area (Å²) in [6.45, 7) is 9.26. The SMILES string of the molecule is C=C/C(F)=C\C=C/CC.CC. The van der Waals surface area contributed by atoms with E-state index >= 15 is 0 Å². The van der Waals surface area contributed by atoms with Crippen LogP contribution in [0.1, 0.15) is 27.2 Å². The van der Waals surface area contributed by atoms with Crippen LogP contribution < -0.4 is 0 Å². The van der Waals surface area contributed by atoms with Crippen LogP contribution in [-0.4, -0.2) is 0 Å². The van der Waals surface area contributed by atoms with Crippen LogP contribution >= 0.6 is 0 Å². The minimum atomic E-state index is -0.292. The summed E-state index contributed by atoms with van der Waals surface area (Å²) in [6, 6.07) is 0. The summed E-state index contributed by atoms with van der Waals surface area (Å²) in [6.07, 6.45) is 7.05. The minimum absolute atomic E-state index is 0.292. The highest BCUT2D eigenvalue weighted by Crippen LogP contribution is 1.96. The van der Waals surface area contributed by atoms with Gasteiger partial charge in [0.05, 0.1) is 0 Å². The number of hydrogen-bond acceptors (Lipinski definition) is 0. The van der Waals surface area contributed by atoms with Gasteiger partial charge in [0, 0.05) is 0 Å². The van der Waals surface area contributed by atoms with Crippen LogP contribution in [0.3, 0.4) is 0 Å². The lowest BCUT2D eigenvalue weighted by molar-refractivity contribution is 0.668. The maximum atomic E-state index is 12.1. The highest BCUT2D eigenvalue weighted by molar-refractivity contribution is 5.15. The van der Waals surface area contributed by atoms with Gasteiger partial charge in [-0.3, -0.25) is 0 Å². The van der Waals surface area contributed by atoms with Crippen molar-refractivity contribution in [3.8, 4) is 0 Å². The summed E-state index contributed by atoms with van der Waals surface area (Å²) < 4.78 is 12.1. The van der Waals surface area contributed by atoms with Gasteiger partial charge < -0.3 is 0 Å². The Hall–Kier alpha value is -0.850. The smallest absolute Gasteiger partial charge is 0.122 e. The average molecular weight is 156 g/mol. The van der Waals surface area contributed by atoms with Crippen molar-refractivity contribution in [2.24, 2.45) is 0 Å². The molecule has 0 radical (unpaired) electrons. The normalized spacial score (nSPS) is 10.7. The Morgan fingerprint density at radius 3 is 2.36 bits per heavy atom. The fourth-order valence-corrected chi connectivity index (χ4v) is 0.364. The van der Waals surface area contributed by atoms with E-state index in [1.807, 2.05) is 26.8 Å². The Labute approximate surface area is 69.1 Å². The highest BCUT2D eigenvalue weighted by atomic mass is 19.1. The number of halogens is 1. The molecule has 0 aromatic heterocycles. The van der Waals surface area contributed by atoms with Gasteiger partial charge in [0.1, 0.15) is 5.83 Å². The third-order valence-electron chi connectivity index (χ3n) is 0.822. The van der Waals surface area contributed by atoms with E-state index in [0.717, 1.165) is 6.42 Å². The molecule has 11 heavy (non-hydrogen) atoms. The maximum absolute atomic E-state index is 12.1. The molecule has 0 heterocycles. The van der Waals surface area contributed by atoms with Crippen LogP contribution in [0.15, 0.2) is 36.7 Å². The Morgan fingerprint density at radius 2 is 2.00 bits per heavy atom. The predicted octanol–water partition coefficient (Wildman–Crippen LogP) is 4.02. The Bertz CT molecular complexity index is 132. The zero-order valence-corrected chi connectivity index (χ0v) is 7.60. The first kappa shape index (κ1) is 12.8. The summed E-state index contributed by atoms with van der Waals surface area (Å²) in [5.74, 6) is -0.292. The molecule has 0 atom stereocenters. The van der Waals surface area contributed by atoms with Crippen LogP contribution in [0.4, 0.5) is 4.39 Å². The zero-order chi connectivity index (χ0) is 9.11. The molecule has 0 saturated carbocycles. The van der Waals surface area contributed by atoms with Gasteiger partial charge in [-0.2, -0.15) is 0 Å². The zero-order valence-electron chi connectivity index (χ0n) is 7.60. The molecule has 0 amide bonds. The van der Waals surface area contributed by atoms with Gasteiger partial charge in [-0.15, -0.1) is 0 Å². The molecule has 0 fully saturated rings. The van der Waals surface area contributed by atoms with E-state index in [1.165, 1.54) is 12.2 Å². The summed E-state index contributed by atoms with van der Waals surface area (Å²) in [5.41, 5.74) is 0. The van der Waals surface area contributed by atoms with Gasteiger partial charge in [-0.05, 0) is 18.6 Å². The fourth-order valence-electron chi connectivity index (χ4n) is 0.364. The van der Waals surface area contributed by atoms with Crippen LogP contribution in [0.2, 0.25) is 0 Å². The lowest BCUT2D eigenvalue weighted by atomic mass is 10.4. The third-order valence-corrected chi connectivity index (χ3v) is 0.822. The molecule has 0 aliphatic carbocycles. The van der Waals surface area contributed by atoms with Gasteiger partial charge in [-0.1, -0.05) is 39.5 Å². The standard InChI is InChI=1S/C8H11F.C2H6/c1-3-5-6-7-8(9)4-2;1-2/h4-7H,2-3H2,1H3;1-2H3/b6-5-,8-7+;. The third kappa shape index (κ3) is 12.4. The Balaban J connectivity index is 0. The van der Waals surface area contributed by atoms with Gasteiger partial charge in [-0.25, -0.2) is 4.39 Å². The van der Waals surface area contributed by atoms with Crippen molar-refractivity contribution in [2.45, 2.75) is 27.2 Å². The second kappa shape index (κ2) is 11.9. The second-order valence-corrected chi connectivity index (χ2v) is 1.59. The van der Waals surface area contributed by atoms with Crippen molar-refractivity contribution >= 4 is 0 Å². The summed E-state index contributed by atoms with van der Waals surface area (Å²) in [5, 5.41) is 0. The van der Waals surface area contributed by atoms with E-state index in [2.05, 4.69) is 6.58 Å². The van der Waals surface area contributed by atoms with Crippen molar-refractivity contribution in [3.05, 3.63) is 36.7 Å². The summed E-state index contributed by atoms with van der Waals surface area (Å²) in [7, 11) is 0. The topological polar surface area (TPSA) is 0 Å². The molecule has 0 spiro atoms. The first-order valence-electron chi connectivity index (χ1n) is 3.96. The van der Waals surface area contributed by atoms with Crippen LogP contribution in [0.25, 0.3) is 0 Å². The van der Waals surface area contributed by atoms with E-state index in [4.69, 9.17) is 0 Å². The molecule has 0 aliphatic rings. The van der Waals surface area contributed by atoms with Gasteiger partial charge in [0.25, 0.3) is 0 Å². The first-order valence-corrected chi connectivity index (χ1v) is 3.96. The van der Waals surface area contributed by atoms with E-state index in [1.54, 1.807) is 6.08 Å². The molecule has 0 bridgehead atoms. The van der Waals surface area contributed by atoms with Crippen LogP contribution in [0, 0.1) is 0 Å². The highest BCUT2D eigenvalue weighted by Gasteiger charge is 1.77. The van der Waals surface area contributed by atoms with Crippen molar-refractivity contribution in [2.75, 3.05) is 0 Å². The lowest BCUT2D eigenvalue weighted by Crippen LogP contribution is -1.59. The largest absolute Gasteiger partial charge is 0.207 e. The number of rotatable bonds is 3. The minimum Gasteiger partial charge on any atom is -0.207 e. The van der Waals surface area contributed by atoms with Crippen molar-refractivity contribution in [1.82, 2.24) is 0 Å². The van der Waals surface area contributed by atoms with Crippen molar-refractivity contribution in [3.63, 3.8) is 0 Å². The monoisotopic (exact) mass is 156 g/mol. The van der Waals surface area contributed by atoms with Crippen LogP contribution in [0.5, 0.6) is 0 Å². The lowest BCUT2D eigenvalue weighted by Gasteiger charge is -1.78. The molecule has 0 aliphatic heterocycles. The number of hydrogen-bond donors (Lipinski definition) is 0. The molecule has 0 nitrogen and oxygen atoms in total. The van der Waals surface area contributed by atoms with Crippen molar-refractivity contribution < 1.29 is 4.39 Å². The maximum Gasteiger partial charge on any atom is 0.122 e. The molecule has 0 saturated heterocycles. The molecule has 0 aromatic carbocycles. The first-order chi connectivity index (χ1) is 5.31. The molecule has 1 heteroatoms. The molecule has 0 rings (SSSR count). The van der Waals surface area contributed by atoms with E-state index in [-0.39, 0.29) is 5.83 Å². The van der Waals surface area contributed by atoms with E-state index in [9.17, 15) is 4.39 Å². The molecular weight excluding hydrogens is 139 g/mol. The Kier molecular flexibility index (Phi) is 13.8. The van der Waals surface area contributed by atoms with Gasteiger partial charge in [0.2, 0.25) is 0 Å². The van der Waals surface area contributed by atoms with Gasteiger partial charge >= 0.3 is 0 Å². The molecular formula is C10H17F. The molecule has 0 aromatic rings. The Morgan fingerprint density at radius 1 is 1.45 bits per heavy atom. The predicted molar refractivity (Wildman–Crippen MR) is 50.2 cm³/mol. The molecule has 64 valence electrons. The van der Waals surface area contributed by atoms with E-state index < -0.39 is 0 Å².